The molecule has 6 nitrogen and oxygen atoms in total. The number of hydrogen-bond donors (Lipinski definition) is 1. The lowest BCUT2D eigenvalue weighted by Crippen LogP contribution is -2.41. The van der Waals surface area contributed by atoms with Crippen molar-refractivity contribution in [3.05, 3.63) is 54.2 Å². The van der Waals surface area contributed by atoms with Gasteiger partial charge in [-0.15, -0.1) is 0 Å². The number of nitrogens with two attached hydrogens (primary N) is 1. The van der Waals surface area contributed by atoms with Gasteiger partial charge in [-0.05, 0) is 31.0 Å². The molecule has 0 radical (unpaired) electrons. The molecule has 0 aliphatic carbocycles. The zero-order valence-corrected chi connectivity index (χ0v) is 14.4. The van der Waals surface area contributed by atoms with E-state index in [1.54, 1.807) is 24.4 Å². The molecule has 1 aromatic heterocycles. The number of amides is 2. The van der Waals surface area contributed by atoms with E-state index >= 15 is 0 Å². The van der Waals surface area contributed by atoms with Gasteiger partial charge in [0.25, 0.3) is 0 Å². The summed E-state index contributed by atoms with van der Waals surface area (Å²) in [4.78, 5) is 42.6. The summed E-state index contributed by atoms with van der Waals surface area (Å²) in [5.74, 6) is -1.49. The summed E-state index contributed by atoms with van der Waals surface area (Å²) in [7, 11) is 0. The van der Waals surface area contributed by atoms with Crippen molar-refractivity contribution in [3.8, 4) is 11.3 Å². The molecule has 1 aliphatic rings. The van der Waals surface area contributed by atoms with Crippen molar-refractivity contribution in [1.82, 2.24) is 9.88 Å². The maximum atomic E-state index is 12.7. The first-order chi connectivity index (χ1) is 12.6. The summed E-state index contributed by atoms with van der Waals surface area (Å²) in [6.45, 7) is 0.738. The maximum absolute atomic E-state index is 12.7. The van der Waals surface area contributed by atoms with E-state index in [1.807, 2.05) is 24.3 Å². The van der Waals surface area contributed by atoms with Gasteiger partial charge in [0.2, 0.25) is 11.6 Å². The molecule has 1 saturated heterocycles. The van der Waals surface area contributed by atoms with Gasteiger partial charge >= 0.3 is 6.03 Å². The summed E-state index contributed by atoms with van der Waals surface area (Å²) in [6.07, 6.45) is 3.85. The maximum Gasteiger partial charge on any atom is 0.314 e. The van der Waals surface area contributed by atoms with Gasteiger partial charge in [0.1, 0.15) is 0 Å². The normalized spacial score (nSPS) is 17.4. The molecule has 26 heavy (non-hydrogen) atoms. The molecule has 2 aromatic rings. The Morgan fingerprint density at radius 3 is 2.65 bits per heavy atom. The molecule has 2 amide bonds. The minimum absolute atomic E-state index is 0.208. The van der Waals surface area contributed by atoms with Gasteiger partial charge in [0.15, 0.2) is 0 Å². The van der Waals surface area contributed by atoms with Crippen LogP contribution in [-0.4, -0.2) is 40.6 Å². The molecule has 2 N–H and O–H groups in total. The second kappa shape index (κ2) is 7.91. The molecule has 1 aliphatic heterocycles. The fourth-order valence-corrected chi connectivity index (χ4v) is 3.24. The van der Waals surface area contributed by atoms with Crippen LogP contribution < -0.4 is 5.73 Å². The van der Waals surface area contributed by atoms with Gasteiger partial charge in [-0.2, -0.15) is 0 Å². The Labute approximate surface area is 152 Å². The molecule has 6 heteroatoms. The van der Waals surface area contributed by atoms with Crippen molar-refractivity contribution in [2.24, 2.45) is 11.7 Å². The van der Waals surface area contributed by atoms with E-state index in [1.165, 1.54) is 4.90 Å². The van der Waals surface area contributed by atoms with Crippen LogP contribution in [0.25, 0.3) is 11.3 Å². The molecule has 1 fully saturated rings. The Kier molecular flexibility index (Phi) is 5.41. The number of carbonyl (C=O) groups excluding carboxylic acids is 3. The van der Waals surface area contributed by atoms with Crippen LogP contribution in [0.5, 0.6) is 0 Å². The van der Waals surface area contributed by atoms with Crippen LogP contribution in [0.15, 0.2) is 48.7 Å². The van der Waals surface area contributed by atoms with Crippen molar-refractivity contribution >= 4 is 17.6 Å². The number of likely N-dealkylation sites (tertiary alicyclic amines) is 1. The largest absolute Gasteiger partial charge is 0.351 e. The first kappa shape index (κ1) is 17.8. The van der Waals surface area contributed by atoms with Crippen LogP contribution >= 0.6 is 0 Å². The van der Waals surface area contributed by atoms with E-state index in [0.29, 0.717) is 18.5 Å². The third kappa shape index (κ3) is 3.96. The van der Waals surface area contributed by atoms with E-state index in [2.05, 4.69) is 4.98 Å². The van der Waals surface area contributed by atoms with Crippen LogP contribution in [0.3, 0.4) is 0 Å². The topological polar surface area (TPSA) is 93.4 Å². The summed E-state index contributed by atoms with van der Waals surface area (Å²) in [6, 6.07) is 11.9. The minimum Gasteiger partial charge on any atom is -0.351 e. The first-order valence-corrected chi connectivity index (χ1v) is 8.70. The molecular weight excluding hydrogens is 330 g/mol. The highest BCUT2D eigenvalue weighted by molar-refractivity contribution is 6.44. The number of nitrogens with zero attached hydrogens (tertiary/aromatic N) is 2. The molecule has 0 spiro atoms. The number of rotatable bonds is 4. The Bertz CT molecular complexity index is 820. The first-order valence-electron chi connectivity index (χ1n) is 8.70. The van der Waals surface area contributed by atoms with Crippen LogP contribution in [0.1, 0.15) is 29.6 Å². The quantitative estimate of drug-likeness (QED) is 0.677. The molecule has 2 heterocycles. The molecule has 0 saturated carbocycles. The van der Waals surface area contributed by atoms with E-state index < -0.39 is 23.5 Å². The zero-order valence-electron chi connectivity index (χ0n) is 14.4. The Morgan fingerprint density at radius 2 is 1.92 bits per heavy atom. The second-order valence-electron chi connectivity index (χ2n) is 6.47. The number of ketones is 2. The number of urea groups is 1. The van der Waals surface area contributed by atoms with Crippen LogP contribution in [-0.2, 0) is 4.79 Å². The Morgan fingerprint density at radius 1 is 1.08 bits per heavy atom. The monoisotopic (exact) mass is 351 g/mol. The molecule has 134 valence electrons. The fourth-order valence-electron chi connectivity index (χ4n) is 3.24. The molecule has 1 aromatic carbocycles. The van der Waals surface area contributed by atoms with Crippen LogP contribution in [0, 0.1) is 5.92 Å². The number of Topliss-reactive ketones (excluding diaryl/α,β-unsaturated/α-hetero) is 2. The van der Waals surface area contributed by atoms with Gasteiger partial charge in [-0.1, -0.05) is 30.7 Å². The molecular formula is C20H21N3O3. The van der Waals surface area contributed by atoms with E-state index in [9.17, 15) is 14.4 Å². The summed E-state index contributed by atoms with van der Waals surface area (Å²) in [5, 5.41) is 0. The number of benzene rings is 1. The van der Waals surface area contributed by atoms with E-state index in [0.717, 1.165) is 24.1 Å². The van der Waals surface area contributed by atoms with E-state index in [4.69, 9.17) is 5.73 Å². The molecule has 3 rings (SSSR count). The van der Waals surface area contributed by atoms with Crippen LogP contribution in [0.4, 0.5) is 4.79 Å². The highest BCUT2D eigenvalue weighted by Gasteiger charge is 2.30. The number of aromatic nitrogens is 1. The highest BCUT2D eigenvalue weighted by atomic mass is 16.2. The van der Waals surface area contributed by atoms with E-state index in [-0.39, 0.29) is 6.54 Å². The predicted molar refractivity (Wildman–Crippen MR) is 97.5 cm³/mol. The number of hydrogen-bond acceptors (Lipinski definition) is 4. The predicted octanol–water partition coefficient (Wildman–Crippen LogP) is 2.68. The lowest BCUT2D eigenvalue weighted by atomic mass is 9.92. The molecule has 1 unspecified atom stereocenters. The Hall–Kier alpha value is -3.02. The van der Waals surface area contributed by atoms with Gasteiger partial charge in [0, 0.05) is 36.3 Å². The van der Waals surface area contributed by atoms with Crippen LogP contribution in [0.2, 0.25) is 0 Å². The standard InChI is InChI=1S/C20H21N3O3/c21-20(26)23-11-4-2-6-16(13-23)19(25)18(24)15-8-5-7-14(12-15)17-9-1-3-10-22-17/h1,3,5,7-10,12,16H,2,4,6,11,13H2,(H2,21,26). The van der Waals surface area contributed by atoms with Gasteiger partial charge in [-0.25, -0.2) is 4.79 Å². The highest BCUT2D eigenvalue weighted by Crippen LogP contribution is 2.22. The zero-order chi connectivity index (χ0) is 18.5. The third-order valence-corrected chi connectivity index (χ3v) is 4.66. The number of carbonyl (C=O) groups is 3. The fraction of sp³-hybridized carbons (Fsp3) is 0.300. The van der Waals surface area contributed by atoms with Crippen molar-refractivity contribution in [2.45, 2.75) is 19.3 Å². The average Bonchev–Trinajstić information content (AvgIpc) is 2.94. The average molecular weight is 351 g/mol. The summed E-state index contributed by atoms with van der Waals surface area (Å²) in [5.41, 5.74) is 7.22. The lowest BCUT2D eigenvalue weighted by molar-refractivity contribution is -0.119. The second-order valence-corrected chi connectivity index (χ2v) is 6.47. The van der Waals surface area contributed by atoms with Gasteiger partial charge in [0.05, 0.1) is 5.69 Å². The number of pyridine rings is 1. The number of primary amides is 1. The Balaban J connectivity index is 1.80. The van der Waals surface area contributed by atoms with Crippen molar-refractivity contribution in [3.63, 3.8) is 0 Å². The van der Waals surface area contributed by atoms with Crippen molar-refractivity contribution < 1.29 is 14.4 Å². The minimum atomic E-state index is -0.547. The summed E-state index contributed by atoms with van der Waals surface area (Å²) >= 11 is 0. The van der Waals surface area contributed by atoms with Gasteiger partial charge in [-0.3, -0.25) is 14.6 Å². The molecule has 1 atom stereocenters. The summed E-state index contributed by atoms with van der Waals surface area (Å²) < 4.78 is 0. The SMILES string of the molecule is NC(=O)N1CCCCC(C(=O)C(=O)c2cccc(-c3ccccn3)c2)C1. The third-order valence-electron chi connectivity index (χ3n) is 4.66. The van der Waals surface area contributed by atoms with Gasteiger partial charge < -0.3 is 10.6 Å². The van der Waals surface area contributed by atoms with Crippen molar-refractivity contribution in [1.29, 1.82) is 0 Å². The van der Waals surface area contributed by atoms with Crippen molar-refractivity contribution in [2.75, 3.05) is 13.1 Å². The lowest BCUT2D eigenvalue weighted by Gasteiger charge is -2.21. The smallest absolute Gasteiger partial charge is 0.314 e. The molecule has 0 bridgehead atoms.